The van der Waals surface area contributed by atoms with E-state index in [4.69, 9.17) is 9.47 Å². The normalized spacial score (nSPS) is 26.3. The van der Waals surface area contributed by atoms with Crippen LogP contribution in [0, 0.1) is 12.8 Å². The molecule has 18 heteroatoms. The van der Waals surface area contributed by atoms with E-state index in [-0.39, 0.29) is 36.1 Å². The number of urea groups is 1. The Bertz CT molecular complexity index is 2170. The average molecular weight is 805 g/mol. The summed E-state index contributed by atoms with van der Waals surface area (Å²) >= 11 is 0.795. The third kappa shape index (κ3) is 7.46. The van der Waals surface area contributed by atoms with Crippen molar-refractivity contribution in [3.8, 4) is 22.2 Å². The van der Waals surface area contributed by atoms with Crippen molar-refractivity contribution in [2.24, 2.45) is 5.92 Å². The lowest BCUT2D eigenvalue weighted by atomic mass is 9.97. The molecule has 55 heavy (non-hydrogen) atoms. The van der Waals surface area contributed by atoms with E-state index in [1.54, 1.807) is 37.9 Å². The average Bonchev–Trinajstić information content (AvgIpc) is 3.99. The number of allylic oxidation sites excluding steroid dienone is 1. The molecule has 4 heterocycles. The minimum Gasteiger partial charge on any atom is -0.496 e. The summed E-state index contributed by atoms with van der Waals surface area (Å²) in [6.45, 7) is 3.92. The van der Waals surface area contributed by atoms with E-state index >= 15 is 0 Å². The molecule has 0 radical (unpaired) electrons. The van der Waals surface area contributed by atoms with Crippen LogP contribution in [0.1, 0.15) is 69.5 Å². The number of thiazole rings is 1. The first-order valence-corrected chi connectivity index (χ1v) is 20.6. The molecule has 2 aliphatic heterocycles. The largest absolute Gasteiger partial charge is 0.496 e. The second-order valence-corrected chi connectivity index (χ2v) is 18.1. The smallest absolute Gasteiger partial charge is 0.434 e. The first-order valence-electron chi connectivity index (χ1n) is 18.2. The number of halogens is 3. The van der Waals surface area contributed by atoms with Gasteiger partial charge in [-0.25, -0.2) is 23.2 Å². The topological polar surface area (TPSA) is 160 Å². The molecule has 7 rings (SSSR count). The van der Waals surface area contributed by atoms with Crippen molar-refractivity contribution in [2.75, 3.05) is 27.2 Å². The number of aryl methyl sites for hydroxylation is 1. The zero-order valence-electron chi connectivity index (χ0n) is 30.9. The number of sulfonamides is 1. The van der Waals surface area contributed by atoms with Crippen LogP contribution < -0.4 is 19.5 Å². The third-order valence-corrected chi connectivity index (χ3v) is 14.2. The van der Waals surface area contributed by atoms with Crippen LogP contribution in [0.2, 0.25) is 0 Å². The van der Waals surface area contributed by atoms with E-state index in [0.29, 0.717) is 66.6 Å². The number of amides is 4. The number of methoxy groups -OCH3 is 1. The molecule has 0 unspecified atom stereocenters. The van der Waals surface area contributed by atoms with Gasteiger partial charge in [-0.15, -0.1) is 11.3 Å². The fraction of sp³-hybridized carbons (Fsp3) is 0.541. The number of nitrogens with one attached hydrogen (secondary N) is 2. The minimum absolute atomic E-state index is 0.00372. The number of hydrogen-bond acceptors (Lipinski definition) is 10. The molecule has 2 aliphatic carbocycles. The highest BCUT2D eigenvalue weighted by molar-refractivity contribution is 7.91. The summed E-state index contributed by atoms with van der Waals surface area (Å²) in [7, 11) is -0.838. The van der Waals surface area contributed by atoms with Gasteiger partial charge in [-0.05, 0) is 64.5 Å². The molecule has 3 aromatic rings. The van der Waals surface area contributed by atoms with Crippen LogP contribution in [0.4, 0.5) is 18.0 Å². The zero-order chi connectivity index (χ0) is 39.5. The zero-order valence-corrected chi connectivity index (χ0v) is 32.5. The highest BCUT2D eigenvalue weighted by Crippen LogP contribution is 2.48. The highest BCUT2D eigenvalue weighted by Gasteiger charge is 2.63. The maximum atomic E-state index is 14.4. The Labute approximate surface area is 320 Å². The molecule has 4 atom stereocenters. The van der Waals surface area contributed by atoms with E-state index in [0.717, 1.165) is 23.1 Å². The Kier molecular flexibility index (Phi) is 10.1. The monoisotopic (exact) mass is 804 g/mol. The van der Waals surface area contributed by atoms with Gasteiger partial charge in [0.25, 0.3) is 5.91 Å². The van der Waals surface area contributed by atoms with Crippen molar-refractivity contribution in [3.63, 3.8) is 0 Å². The van der Waals surface area contributed by atoms with Crippen LogP contribution in [0.15, 0.2) is 35.7 Å². The number of alkyl halides is 3. The summed E-state index contributed by atoms with van der Waals surface area (Å²) in [6.07, 6.45) is 1.99. The number of aromatic nitrogens is 2. The van der Waals surface area contributed by atoms with Crippen molar-refractivity contribution in [3.05, 3.63) is 47.0 Å². The van der Waals surface area contributed by atoms with Crippen LogP contribution in [-0.4, -0.2) is 95.7 Å². The van der Waals surface area contributed by atoms with Gasteiger partial charge < -0.3 is 24.6 Å². The summed E-state index contributed by atoms with van der Waals surface area (Å²) in [5.41, 5.74) is -1.36. The van der Waals surface area contributed by atoms with E-state index in [2.05, 4.69) is 20.0 Å². The summed E-state index contributed by atoms with van der Waals surface area (Å²) in [6, 6.07) is 3.51. The van der Waals surface area contributed by atoms with Gasteiger partial charge in [-0.3, -0.25) is 14.3 Å². The standard InChI is InChI=1S/C37H43F3N6O7S2/c1-21-27(52-4)11-10-24-28(18-25(41-30(21)24)32-42-29(20-54-32)37(38,39)40)53-23-12-16-46-26(17-23)31(47)43-36(33(48)44-55(50,51)35(2)13-14-35)19-22(36)9-7-5-6-8-15-45(3)34(46)49/h7,9-11,18,20,22-23,26H,5-6,8,12-17,19H2,1-4H3,(H,43,47)(H,44,48)/b9-7+/t22-,23-,26-,36-/m0/s1. The number of rotatable bonds is 7. The molecular formula is C37H43F3N6O7S2. The van der Waals surface area contributed by atoms with Crippen molar-refractivity contribution in [1.29, 1.82) is 0 Å². The van der Waals surface area contributed by atoms with Gasteiger partial charge in [0.1, 0.15) is 39.9 Å². The van der Waals surface area contributed by atoms with E-state index < -0.39 is 62.1 Å². The van der Waals surface area contributed by atoms with Crippen LogP contribution >= 0.6 is 11.3 Å². The van der Waals surface area contributed by atoms with Gasteiger partial charge in [0, 0.05) is 61.3 Å². The third-order valence-electron chi connectivity index (χ3n) is 11.2. The van der Waals surface area contributed by atoms with Gasteiger partial charge in [-0.1, -0.05) is 12.2 Å². The summed E-state index contributed by atoms with van der Waals surface area (Å²) < 4.78 is 80.0. The summed E-state index contributed by atoms with van der Waals surface area (Å²) in [4.78, 5) is 53.5. The number of benzene rings is 1. The summed E-state index contributed by atoms with van der Waals surface area (Å²) in [5, 5.41) is 4.38. The minimum atomic E-state index is -4.64. The molecule has 2 saturated carbocycles. The van der Waals surface area contributed by atoms with Crippen molar-refractivity contribution in [2.45, 2.75) is 93.8 Å². The molecule has 13 nitrogen and oxygen atoms in total. The first-order chi connectivity index (χ1) is 26.0. The fourth-order valence-electron chi connectivity index (χ4n) is 7.28. The molecule has 0 spiro atoms. The van der Waals surface area contributed by atoms with E-state index in [1.165, 1.54) is 18.1 Å². The quantitative estimate of drug-likeness (QED) is 0.291. The number of nitrogens with zero attached hydrogens (tertiary/aromatic N) is 4. The number of hydrogen-bond donors (Lipinski definition) is 2. The number of pyridine rings is 1. The van der Waals surface area contributed by atoms with Crippen molar-refractivity contribution < 1.29 is 45.4 Å². The molecule has 296 valence electrons. The number of carbonyl (C=O) groups excluding carboxylic acids is 3. The van der Waals surface area contributed by atoms with Gasteiger partial charge in [-0.2, -0.15) is 13.2 Å². The summed E-state index contributed by atoms with van der Waals surface area (Å²) in [5.74, 6) is -1.09. The lowest BCUT2D eigenvalue weighted by molar-refractivity contribution is -0.140. The second-order valence-electron chi connectivity index (χ2n) is 15.1. The van der Waals surface area contributed by atoms with E-state index in [9.17, 15) is 36.0 Å². The predicted molar refractivity (Wildman–Crippen MR) is 198 cm³/mol. The van der Waals surface area contributed by atoms with Gasteiger partial charge in [0.05, 0.1) is 17.4 Å². The number of carbonyl (C=O) groups is 3. The van der Waals surface area contributed by atoms with Crippen molar-refractivity contribution >= 4 is 50.1 Å². The van der Waals surface area contributed by atoms with Crippen LogP contribution in [0.3, 0.4) is 0 Å². The fourth-order valence-corrected chi connectivity index (χ4v) is 9.38. The molecule has 4 aliphatic rings. The lowest BCUT2D eigenvalue weighted by Crippen LogP contribution is -2.61. The number of ether oxygens (including phenoxy) is 2. The Morgan fingerprint density at radius 1 is 1.13 bits per heavy atom. The van der Waals surface area contributed by atoms with Gasteiger partial charge in [0.15, 0.2) is 5.69 Å². The molecule has 1 saturated heterocycles. The maximum absolute atomic E-state index is 14.4. The molecule has 0 bridgehead atoms. The Hall–Kier alpha value is -4.45. The Balaban J connectivity index is 1.21. The number of piperidine rings is 1. The number of fused-ring (bicyclic) bond motifs is 3. The predicted octanol–water partition coefficient (Wildman–Crippen LogP) is 5.57. The van der Waals surface area contributed by atoms with Crippen molar-refractivity contribution in [1.82, 2.24) is 29.8 Å². The lowest BCUT2D eigenvalue weighted by Gasteiger charge is -2.40. The first kappa shape index (κ1) is 38.8. The second kappa shape index (κ2) is 14.2. The van der Waals surface area contributed by atoms with E-state index in [1.807, 2.05) is 12.2 Å². The molecular weight excluding hydrogens is 762 g/mol. The van der Waals surface area contributed by atoms with Crippen LogP contribution in [0.5, 0.6) is 11.5 Å². The molecule has 3 fully saturated rings. The molecule has 2 N–H and O–H groups in total. The van der Waals surface area contributed by atoms with Gasteiger partial charge in [0.2, 0.25) is 15.9 Å². The van der Waals surface area contributed by atoms with Crippen LogP contribution in [-0.2, 0) is 25.8 Å². The maximum Gasteiger partial charge on any atom is 0.434 e. The SMILES string of the molecule is COc1ccc2c(O[C@H]3CCN4C(=O)N(C)CCCC/C=C/[C@H]5C[C@]5(C(=O)NS(=O)(=O)C5(C)CC5)NC(=O)[C@@H]4C3)cc(-c3nc(C(F)(F)F)cs3)nc2c1C. The van der Waals surface area contributed by atoms with Crippen LogP contribution in [0.25, 0.3) is 21.6 Å². The highest BCUT2D eigenvalue weighted by atomic mass is 32.2. The molecule has 1 aromatic carbocycles. The molecule has 4 amide bonds. The van der Waals surface area contributed by atoms with Gasteiger partial charge >= 0.3 is 12.2 Å². The Morgan fingerprint density at radius 3 is 2.58 bits per heavy atom. The molecule has 2 aromatic heterocycles. The Morgan fingerprint density at radius 2 is 1.89 bits per heavy atom.